The number of anilines is 2. The maximum absolute atomic E-state index is 13.1. The van der Waals surface area contributed by atoms with Crippen molar-refractivity contribution in [3.8, 4) is 0 Å². The minimum absolute atomic E-state index is 0. The Morgan fingerprint density at radius 1 is 1.00 bits per heavy atom. The summed E-state index contributed by atoms with van der Waals surface area (Å²) in [5.74, 6) is 0.00753. The van der Waals surface area contributed by atoms with Crippen molar-refractivity contribution in [2.75, 3.05) is 10.6 Å². The monoisotopic (exact) mass is 559 g/mol. The summed E-state index contributed by atoms with van der Waals surface area (Å²) in [4.78, 5) is 13.1. The number of rotatable bonds is 4. The van der Waals surface area contributed by atoms with Gasteiger partial charge in [0.1, 0.15) is 5.82 Å². The van der Waals surface area contributed by atoms with Gasteiger partial charge in [-0.05, 0) is 74.6 Å². The van der Waals surface area contributed by atoms with Gasteiger partial charge in [-0.3, -0.25) is 17.2 Å². The first-order chi connectivity index (χ1) is 17.8. The second-order valence-corrected chi connectivity index (χ2v) is 10.6. The average molecular weight is 560 g/mol. The number of benzene rings is 3. The Morgan fingerprint density at radius 3 is 2.26 bits per heavy atom. The summed E-state index contributed by atoms with van der Waals surface area (Å²) in [5, 5.41) is 10.2. The van der Waals surface area contributed by atoms with Crippen LogP contribution in [-0.4, -0.2) is 17.5 Å². The van der Waals surface area contributed by atoms with Crippen LogP contribution in [0, 0.1) is 26.7 Å². The van der Waals surface area contributed by atoms with Gasteiger partial charge in [-0.2, -0.15) is 0 Å². The van der Waals surface area contributed by atoms with Gasteiger partial charge in [-0.1, -0.05) is 72.8 Å². The second-order valence-electron chi connectivity index (χ2n) is 10.2. The van der Waals surface area contributed by atoms with E-state index in [2.05, 4.69) is 55.0 Å². The quantitative estimate of drug-likeness (QED) is 0.319. The van der Waals surface area contributed by atoms with Crippen molar-refractivity contribution < 1.29 is 60.6 Å². The molecule has 0 aromatic heterocycles. The van der Waals surface area contributed by atoms with Gasteiger partial charge >= 0.3 is 51.4 Å². The first-order valence-electron chi connectivity index (χ1n) is 13.0. The molecule has 4 nitrogen and oxygen atoms in total. The molecule has 0 radical (unpaired) electrons. The van der Waals surface area contributed by atoms with Gasteiger partial charge in [0.2, 0.25) is 5.91 Å². The molecule has 1 amide bonds. The molecule has 3 aromatic carbocycles. The number of halogens is 2. The summed E-state index contributed by atoms with van der Waals surface area (Å²) in [7, 11) is 3.93. The molecule has 1 saturated heterocycles. The molecule has 3 aromatic rings. The number of aryl methyl sites for hydroxylation is 2. The van der Waals surface area contributed by atoms with Crippen LogP contribution in [0.4, 0.5) is 15.8 Å². The first kappa shape index (κ1) is 31.3. The fourth-order valence-electron chi connectivity index (χ4n) is 5.67. The maximum Gasteiger partial charge on any atom is 1.00 e. The second kappa shape index (κ2) is 14.4. The Bertz CT molecular complexity index is 1190. The van der Waals surface area contributed by atoms with Crippen molar-refractivity contribution in [1.29, 1.82) is 0 Å². The van der Waals surface area contributed by atoms with Gasteiger partial charge in [0.25, 0.3) is 0 Å². The molecule has 2 fully saturated rings. The fraction of sp³-hybridized carbons (Fsp3) is 0.355. The standard InChI is InChI=1S/C25H32N3O.C6H4ClF.K/c1-17-7-10-19(11-8-17)27-24(29)23-16-21(25(28-23)13-5-4-6-14-25)20-12-9-18(2)15-22(20)26-3;7-5-3-1-2-4-6(5)8;/h7-12,15,21,23,26,28H,3-6,13-14,16H2,1-2H3,(H,27,29);1-4H;/q-1;;+1. The van der Waals surface area contributed by atoms with Crippen LogP contribution in [0.25, 0.3) is 0 Å². The summed E-state index contributed by atoms with van der Waals surface area (Å²) < 4.78 is 12.2. The predicted octanol–water partition coefficient (Wildman–Crippen LogP) is 4.78. The number of carbonyl (C=O) groups is 1. The van der Waals surface area contributed by atoms with Crippen molar-refractivity contribution in [3.05, 3.63) is 101 Å². The Morgan fingerprint density at radius 2 is 1.66 bits per heavy atom. The molecule has 2 aliphatic rings. The van der Waals surface area contributed by atoms with E-state index in [0.29, 0.717) is 5.92 Å². The number of carbonyl (C=O) groups excluding carboxylic acids is 1. The average Bonchev–Trinajstić information content (AvgIpc) is 3.26. The van der Waals surface area contributed by atoms with E-state index in [9.17, 15) is 9.18 Å². The van der Waals surface area contributed by atoms with Crippen LogP contribution in [-0.2, 0) is 4.79 Å². The molecule has 1 spiro atoms. The number of amides is 1. The van der Waals surface area contributed by atoms with Crippen molar-refractivity contribution in [2.24, 2.45) is 0 Å². The van der Waals surface area contributed by atoms with Gasteiger partial charge in [-0.15, -0.1) is 0 Å². The molecular weight excluding hydrogens is 524 g/mol. The normalized spacial score (nSPS) is 19.6. The molecule has 1 aliphatic heterocycles. The minimum atomic E-state index is -0.367. The molecule has 38 heavy (non-hydrogen) atoms. The summed E-state index contributed by atoms with van der Waals surface area (Å²) in [6.07, 6.45) is 6.77. The van der Waals surface area contributed by atoms with Gasteiger partial charge in [-0.25, -0.2) is 4.39 Å². The number of hydrogen-bond acceptors (Lipinski definition) is 3. The molecule has 3 N–H and O–H groups in total. The summed E-state index contributed by atoms with van der Waals surface area (Å²) >= 11 is 5.33. The van der Waals surface area contributed by atoms with Gasteiger partial charge in [0.15, 0.2) is 0 Å². The Labute approximate surface area is 273 Å². The van der Waals surface area contributed by atoms with Crippen LogP contribution in [0.5, 0.6) is 0 Å². The summed E-state index contributed by atoms with van der Waals surface area (Å²) in [5.41, 5.74) is 5.63. The first-order valence-corrected chi connectivity index (χ1v) is 13.4. The maximum atomic E-state index is 13.1. The van der Waals surface area contributed by atoms with Crippen LogP contribution < -0.4 is 67.3 Å². The van der Waals surface area contributed by atoms with E-state index >= 15 is 0 Å². The van der Waals surface area contributed by atoms with Crippen LogP contribution in [0.1, 0.15) is 61.1 Å². The third-order valence-electron chi connectivity index (χ3n) is 7.58. The van der Waals surface area contributed by atoms with E-state index in [-0.39, 0.29) is 79.7 Å². The third-order valence-corrected chi connectivity index (χ3v) is 7.89. The predicted molar refractivity (Wildman–Crippen MR) is 151 cm³/mol. The Kier molecular flexibility index (Phi) is 11.9. The minimum Gasteiger partial charge on any atom is -0.538 e. The van der Waals surface area contributed by atoms with Crippen molar-refractivity contribution in [3.63, 3.8) is 0 Å². The molecular formula is C31H36ClFKN3O. The molecule has 1 heterocycles. The Balaban J connectivity index is 0.000000382. The van der Waals surface area contributed by atoms with E-state index in [4.69, 9.17) is 11.6 Å². The third kappa shape index (κ3) is 7.69. The van der Waals surface area contributed by atoms with Crippen LogP contribution in [0.3, 0.4) is 0 Å². The zero-order valence-electron chi connectivity index (χ0n) is 22.6. The van der Waals surface area contributed by atoms with Crippen LogP contribution in [0.2, 0.25) is 5.02 Å². The van der Waals surface area contributed by atoms with Crippen LogP contribution >= 0.6 is 11.6 Å². The largest absolute Gasteiger partial charge is 1.00 e. The van der Waals surface area contributed by atoms with Gasteiger partial charge in [0.05, 0.1) is 11.1 Å². The molecule has 196 valence electrons. The summed E-state index contributed by atoms with van der Waals surface area (Å²) in [6.45, 7) is 4.16. The fourth-order valence-corrected chi connectivity index (χ4v) is 5.81. The SMILES string of the molecule is Fc1ccccc1Cl.[CH2-]Nc1cc(C)ccc1C1CC(C(=O)Nc2ccc(C)cc2)NC12CCCCC2.[K+]. The van der Waals surface area contributed by atoms with E-state index in [1.54, 1.807) is 12.1 Å². The number of nitrogens with one attached hydrogen (secondary N) is 3. The van der Waals surface area contributed by atoms with Crippen molar-refractivity contribution in [1.82, 2.24) is 5.32 Å². The van der Waals surface area contributed by atoms with Crippen molar-refractivity contribution in [2.45, 2.75) is 69.9 Å². The summed E-state index contributed by atoms with van der Waals surface area (Å²) in [6, 6.07) is 20.5. The molecule has 1 saturated carbocycles. The van der Waals surface area contributed by atoms with E-state index < -0.39 is 0 Å². The molecule has 1 aliphatic carbocycles. The number of hydrogen-bond donors (Lipinski definition) is 3. The van der Waals surface area contributed by atoms with Gasteiger partial charge in [0, 0.05) is 22.8 Å². The topological polar surface area (TPSA) is 53.2 Å². The van der Waals surface area contributed by atoms with Crippen LogP contribution in [0.15, 0.2) is 66.7 Å². The molecule has 7 heteroatoms. The zero-order valence-corrected chi connectivity index (χ0v) is 26.5. The smallest absolute Gasteiger partial charge is 0.538 e. The molecule has 5 rings (SSSR count). The van der Waals surface area contributed by atoms with E-state index in [1.807, 2.05) is 24.3 Å². The van der Waals surface area contributed by atoms with E-state index in [0.717, 1.165) is 30.6 Å². The molecule has 2 atom stereocenters. The van der Waals surface area contributed by atoms with E-state index in [1.165, 1.54) is 48.1 Å². The zero-order chi connectivity index (χ0) is 26.4. The Hall–Kier alpha value is -1.25. The van der Waals surface area contributed by atoms with Crippen molar-refractivity contribution >= 4 is 28.9 Å². The molecule has 2 unspecified atom stereocenters. The van der Waals surface area contributed by atoms with Gasteiger partial charge < -0.3 is 10.6 Å². The molecule has 0 bridgehead atoms.